The first kappa shape index (κ1) is 12.2. The summed E-state index contributed by atoms with van der Waals surface area (Å²) >= 11 is 3.47. The average Bonchev–Trinajstić information content (AvgIpc) is 2.39. The Morgan fingerprint density at radius 2 is 1.74 bits per heavy atom. The van der Waals surface area contributed by atoms with Crippen LogP contribution in [0.15, 0.2) is 59.1 Å². The summed E-state index contributed by atoms with van der Waals surface area (Å²) in [6, 6.07) is 18.0. The van der Waals surface area contributed by atoms with E-state index in [0.29, 0.717) is 5.88 Å². The molecule has 0 unspecified atom stereocenters. The van der Waals surface area contributed by atoms with Crippen LogP contribution in [0.3, 0.4) is 0 Å². The zero-order chi connectivity index (χ0) is 13.2. The molecule has 1 heterocycles. The van der Waals surface area contributed by atoms with Gasteiger partial charge in [-0.1, -0.05) is 34.1 Å². The van der Waals surface area contributed by atoms with Gasteiger partial charge >= 0.3 is 0 Å². The van der Waals surface area contributed by atoms with Crippen LogP contribution < -0.4 is 4.74 Å². The summed E-state index contributed by atoms with van der Waals surface area (Å²) in [4.78, 5) is 4.33. The molecule has 0 spiro atoms. The Morgan fingerprint density at radius 3 is 2.58 bits per heavy atom. The van der Waals surface area contributed by atoms with Crippen LogP contribution in [0, 0.1) is 6.92 Å². The molecule has 0 aliphatic heterocycles. The van der Waals surface area contributed by atoms with Gasteiger partial charge in [0.1, 0.15) is 5.75 Å². The van der Waals surface area contributed by atoms with E-state index in [2.05, 4.69) is 33.0 Å². The number of hydrogen-bond donors (Lipinski definition) is 0. The first-order valence-corrected chi connectivity index (χ1v) is 6.81. The number of nitrogens with zero attached hydrogens (tertiary/aromatic N) is 1. The van der Waals surface area contributed by atoms with Crippen LogP contribution in [0.1, 0.15) is 5.69 Å². The minimum atomic E-state index is 0.622. The predicted molar refractivity (Wildman–Crippen MR) is 80.7 cm³/mol. The van der Waals surface area contributed by atoms with E-state index >= 15 is 0 Å². The Morgan fingerprint density at radius 1 is 0.947 bits per heavy atom. The minimum Gasteiger partial charge on any atom is -0.439 e. The lowest BCUT2D eigenvalue weighted by Gasteiger charge is -2.06. The van der Waals surface area contributed by atoms with Crippen molar-refractivity contribution in [1.29, 1.82) is 0 Å². The minimum absolute atomic E-state index is 0.622. The van der Waals surface area contributed by atoms with Crippen molar-refractivity contribution in [1.82, 2.24) is 4.98 Å². The van der Waals surface area contributed by atoms with E-state index in [0.717, 1.165) is 21.3 Å². The van der Waals surface area contributed by atoms with Gasteiger partial charge in [0.25, 0.3) is 0 Å². The molecule has 2 nitrogen and oxygen atoms in total. The zero-order valence-electron chi connectivity index (χ0n) is 10.4. The van der Waals surface area contributed by atoms with Crippen molar-refractivity contribution in [3.8, 4) is 11.6 Å². The first-order valence-electron chi connectivity index (χ1n) is 6.01. The fraction of sp³-hybridized carbons (Fsp3) is 0.0625. The molecule has 3 rings (SSSR count). The third-order valence-corrected chi connectivity index (χ3v) is 3.35. The van der Waals surface area contributed by atoms with Crippen LogP contribution in [0.25, 0.3) is 10.8 Å². The monoisotopic (exact) mass is 313 g/mol. The molecule has 3 aromatic rings. The number of pyridine rings is 1. The van der Waals surface area contributed by atoms with E-state index in [4.69, 9.17) is 4.74 Å². The molecule has 0 fully saturated rings. The maximum atomic E-state index is 5.77. The Bertz CT molecular complexity index is 740. The maximum absolute atomic E-state index is 5.77. The molecule has 0 atom stereocenters. The smallest absolute Gasteiger partial charge is 0.219 e. The quantitative estimate of drug-likeness (QED) is 0.656. The van der Waals surface area contributed by atoms with Gasteiger partial charge in [-0.2, -0.15) is 0 Å². The number of halogens is 1. The fourth-order valence-electron chi connectivity index (χ4n) is 1.95. The third kappa shape index (κ3) is 2.76. The van der Waals surface area contributed by atoms with E-state index < -0.39 is 0 Å². The summed E-state index contributed by atoms with van der Waals surface area (Å²) < 4.78 is 6.85. The predicted octanol–water partition coefficient (Wildman–Crippen LogP) is 5.10. The van der Waals surface area contributed by atoms with Gasteiger partial charge in [-0.3, -0.25) is 0 Å². The van der Waals surface area contributed by atoms with Crippen molar-refractivity contribution in [2.24, 2.45) is 0 Å². The van der Waals surface area contributed by atoms with Crippen LogP contribution in [-0.4, -0.2) is 4.98 Å². The Balaban J connectivity index is 1.95. The van der Waals surface area contributed by atoms with E-state index in [9.17, 15) is 0 Å². The lowest BCUT2D eigenvalue weighted by Crippen LogP contribution is -1.89. The molecule has 0 N–H and O–H groups in total. The van der Waals surface area contributed by atoms with Gasteiger partial charge in [-0.15, -0.1) is 0 Å². The van der Waals surface area contributed by atoms with Crippen molar-refractivity contribution in [3.63, 3.8) is 0 Å². The third-order valence-electron chi connectivity index (χ3n) is 2.86. The van der Waals surface area contributed by atoms with Crippen molar-refractivity contribution in [2.45, 2.75) is 6.92 Å². The van der Waals surface area contributed by atoms with Crippen molar-refractivity contribution in [2.75, 3.05) is 0 Å². The molecule has 1 aromatic heterocycles. The Kier molecular flexibility index (Phi) is 3.22. The number of aromatic nitrogens is 1. The van der Waals surface area contributed by atoms with Crippen LogP contribution in [0.5, 0.6) is 11.6 Å². The molecule has 0 amide bonds. The largest absolute Gasteiger partial charge is 0.439 e. The second-order valence-electron chi connectivity index (χ2n) is 4.37. The molecule has 3 heteroatoms. The summed E-state index contributed by atoms with van der Waals surface area (Å²) in [6.45, 7) is 1.95. The van der Waals surface area contributed by atoms with Crippen LogP contribution >= 0.6 is 15.9 Å². The van der Waals surface area contributed by atoms with Crippen molar-refractivity contribution < 1.29 is 4.74 Å². The second-order valence-corrected chi connectivity index (χ2v) is 5.29. The molecule has 19 heavy (non-hydrogen) atoms. The van der Waals surface area contributed by atoms with Gasteiger partial charge in [0.2, 0.25) is 5.88 Å². The number of fused-ring (bicyclic) bond motifs is 1. The molecule has 2 aromatic carbocycles. The summed E-state index contributed by atoms with van der Waals surface area (Å²) in [7, 11) is 0. The highest BCUT2D eigenvalue weighted by Gasteiger charge is 2.01. The average molecular weight is 314 g/mol. The van der Waals surface area contributed by atoms with Gasteiger partial charge in [0.15, 0.2) is 0 Å². The van der Waals surface area contributed by atoms with Gasteiger partial charge in [-0.25, -0.2) is 4.98 Å². The van der Waals surface area contributed by atoms with Crippen molar-refractivity contribution >= 4 is 26.7 Å². The highest BCUT2D eigenvalue weighted by Crippen LogP contribution is 2.26. The highest BCUT2D eigenvalue weighted by atomic mass is 79.9. The van der Waals surface area contributed by atoms with Crippen molar-refractivity contribution in [3.05, 3.63) is 64.8 Å². The van der Waals surface area contributed by atoms with E-state index in [1.807, 2.05) is 49.4 Å². The topological polar surface area (TPSA) is 22.1 Å². The highest BCUT2D eigenvalue weighted by molar-refractivity contribution is 9.10. The first-order chi connectivity index (χ1) is 9.20. The number of ether oxygens (including phenoxy) is 1. The molecule has 0 radical (unpaired) electrons. The van der Waals surface area contributed by atoms with E-state index in [1.165, 1.54) is 5.39 Å². The molecule has 0 aliphatic carbocycles. The fourth-order valence-corrected chi connectivity index (χ4v) is 2.33. The summed E-state index contributed by atoms with van der Waals surface area (Å²) in [5, 5.41) is 2.33. The lowest BCUT2D eigenvalue weighted by atomic mass is 10.1. The molecule has 0 aliphatic rings. The SMILES string of the molecule is Cc1cccc(Oc2ccc3cc(Br)ccc3c2)n1. The van der Waals surface area contributed by atoms with Crippen LogP contribution in [0.2, 0.25) is 0 Å². The zero-order valence-corrected chi connectivity index (χ0v) is 12.0. The molecular weight excluding hydrogens is 302 g/mol. The number of benzene rings is 2. The van der Waals surface area contributed by atoms with E-state index in [-0.39, 0.29) is 0 Å². The molecule has 0 bridgehead atoms. The van der Waals surface area contributed by atoms with Gasteiger partial charge < -0.3 is 4.74 Å². The second kappa shape index (κ2) is 5.02. The molecule has 0 saturated carbocycles. The van der Waals surface area contributed by atoms with Crippen LogP contribution in [0.4, 0.5) is 0 Å². The standard InChI is InChI=1S/C16H12BrNO/c1-11-3-2-4-16(18-11)19-15-8-6-12-9-14(17)7-5-13(12)10-15/h2-10H,1H3. The summed E-state index contributed by atoms with van der Waals surface area (Å²) in [5.41, 5.74) is 0.946. The summed E-state index contributed by atoms with van der Waals surface area (Å²) in [6.07, 6.45) is 0. The van der Waals surface area contributed by atoms with Gasteiger partial charge in [0, 0.05) is 16.2 Å². The normalized spacial score (nSPS) is 10.6. The molecule has 0 saturated heterocycles. The van der Waals surface area contributed by atoms with Crippen LogP contribution in [-0.2, 0) is 0 Å². The number of hydrogen-bond acceptors (Lipinski definition) is 2. The van der Waals surface area contributed by atoms with E-state index in [1.54, 1.807) is 0 Å². The Labute approximate surface area is 120 Å². The van der Waals surface area contributed by atoms with Gasteiger partial charge in [-0.05, 0) is 48.0 Å². The van der Waals surface area contributed by atoms with Gasteiger partial charge in [0.05, 0.1) is 0 Å². The summed E-state index contributed by atoms with van der Waals surface area (Å²) in [5.74, 6) is 1.42. The number of aryl methyl sites for hydroxylation is 1. The lowest BCUT2D eigenvalue weighted by molar-refractivity contribution is 0.462. The molecule has 94 valence electrons. The maximum Gasteiger partial charge on any atom is 0.219 e. The number of rotatable bonds is 2. The molecular formula is C16H12BrNO. The Hall–Kier alpha value is -1.87.